The van der Waals surface area contributed by atoms with Crippen LogP contribution in [0, 0.1) is 0 Å². The van der Waals surface area contributed by atoms with Gasteiger partial charge in [-0.25, -0.2) is 0 Å². The molecule has 1 N–H and O–H groups in total. The number of aryl methyl sites for hydroxylation is 2. The summed E-state index contributed by atoms with van der Waals surface area (Å²) in [5.41, 5.74) is 2.52. The van der Waals surface area contributed by atoms with Crippen molar-refractivity contribution >= 4 is 0 Å². The van der Waals surface area contributed by atoms with Crippen molar-refractivity contribution in [3.63, 3.8) is 0 Å². The zero-order chi connectivity index (χ0) is 15.6. The molecule has 1 atom stereocenters. The van der Waals surface area contributed by atoms with Crippen molar-refractivity contribution in [3.05, 3.63) is 29.6 Å². The van der Waals surface area contributed by atoms with E-state index in [9.17, 15) is 0 Å². The topological polar surface area (TPSA) is 63.8 Å². The third-order valence-corrected chi connectivity index (χ3v) is 4.95. The molecule has 4 heterocycles. The molecule has 0 bridgehead atoms. The number of rotatable bonds is 3. The van der Waals surface area contributed by atoms with Gasteiger partial charge in [0.2, 0.25) is 0 Å². The maximum Gasteiger partial charge on any atom is 0.136 e. The molecule has 2 aromatic heterocycles. The fourth-order valence-electron chi connectivity index (χ4n) is 3.80. The second-order valence-corrected chi connectivity index (χ2v) is 6.75. The molecule has 1 saturated heterocycles. The van der Waals surface area contributed by atoms with Gasteiger partial charge < -0.3 is 9.88 Å². The molecule has 1 fully saturated rings. The number of nitrogens with zero attached hydrogens (tertiary/aromatic N) is 6. The molecule has 0 aromatic carbocycles. The van der Waals surface area contributed by atoms with Crippen LogP contribution in [-0.2, 0) is 26.7 Å². The van der Waals surface area contributed by atoms with Crippen molar-refractivity contribution in [3.8, 4) is 0 Å². The Morgan fingerprint density at radius 2 is 2.26 bits per heavy atom. The fraction of sp³-hybridized carbons (Fsp3) is 0.688. The maximum absolute atomic E-state index is 4.81. The van der Waals surface area contributed by atoms with Gasteiger partial charge in [0.25, 0.3) is 0 Å². The molecule has 0 unspecified atom stereocenters. The van der Waals surface area contributed by atoms with Crippen LogP contribution in [0.25, 0.3) is 0 Å². The Balaban J connectivity index is 1.43. The number of nitrogens with one attached hydrogen (secondary N) is 1. The normalized spacial score (nSPS) is 22.7. The van der Waals surface area contributed by atoms with Gasteiger partial charge in [0, 0.05) is 39.1 Å². The molecule has 2 aliphatic rings. The van der Waals surface area contributed by atoms with Crippen LogP contribution in [0.1, 0.15) is 42.4 Å². The van der Waals surface area contributed by atoms with E-state index in [1.165, 1.54) is 24.2 Å². The van der Waals surface area contributed by atoms with E-state index in [2.05, 4.69) is 35.7 Å². The van der Waals surface area contributed by atoms with Gasteiger partial charge in [-0.05, 0) is 38.4 Å². The Morgan fingerprint density at radius 3 is 3.13 bits per heavy atom. The van der Waals surface area contributed by atoms with Crippen LogP contribution in [0.2, 0.25) is 0 Å². The van der Waals surface area contributed by atoms with Crippen LogP contribution in [-0.4, -0.2) is 49.1 Å². The van der Waals surface area contributed by atoms with Gasteiger partial charge in [0.05, 0.1) is 11.4 Å². The number of hydrogen-bond acceptors (Lipinski definition) is 5. The largest absolute Gasteiger partial charge is 0.320 e. The van der Waals surface area contributed by atoms with Crippen LogP contribution in [0.15, 0.2) is 12.4 Å². The summed E-state index contributed by atoms with van der Waals surface area (Å²) in [4.78, 5) is 2.51. The van der Waals surface area contributed by atoms with Gasteiger partial charge in [-0.15, -0.1) is 10.2 Å². The lowest BCUT2D eigenvalue weighted by Crippen LogP contribution is -2.35. The average molecular weight is 315 g/mol. The van der Waals surface area contributed by atoms with Crippen molar-refractivity contribution < 1.29 is 0 Å². The Morgan fingerprint density at radius 1 is 1.30 bits per heavy atom. The molecule has 0 saturated carbocycles. The molecule has 4 rings (SSSR count). The van der Waals surface area contributed by atoms with Crippen LogP contribution in [0.5, 0.6) is 0 Å². The highest BCUT2D eigenvalue weighted by molar-refractivity contribution is 5.12. The van der Waals surface area contributed by atoms with Crippen molar-refractivity contribution in [2.45, 2.75) is 44.8 Å². The highest BCUT2D eigenvalue weighted by atomic mass is 15.3. The Labute approximate surface area is 136 Å². The van der Waals surface area contributed by atoms with E-state index in [-0.39, 0.29) is 0 Å². The van der Waals surface area contributed by atoms with Crippen LogP contribution >= 0.6 is 0 Å². The van der Waals surface area contributed by atoms with E-state index >= 15 is 0 Å². The SMILES string of the molecule is Cn1cnnc1[C@H]1CCCN(Cc2cc3n(n2)CCCNC3)C1. The molecule has 2 aliphatic heterocycles. The lowest BCUT2D eigenvalue weighted by Gasteiger charge is -2.31. The molecule has 0 aliphatic carbocycles. The molecule has 23 heavy (non-hydrogen) atoms. The number of hydrogen-bond donors (Lipinski definition) is 1. The first-order valence-electron chi connectivity index (χ1n) is 8.62. The van der Waals surface area contributed by atoms with Gasteiger partial charge in [0.15, 0.2) is 0 Å². The van der Waals surface area contributed by atoms with Crippen molar-refractivity contribution in [2.24, 2.45) is 7.05 Å². The van der Waals surface area contributed by atoms with Gasteiger partial charge in [0.1, 0.15) is 12.2 Å². The lowest BCUT2D eigenvalue weighted by molar-refractivity contribution is 0.192. The third-order valence-electron chi connectivity index (χ3n) is 4.95. The average Bonchev–Trinajstić information content (AvgIpc) is 3.08. The summed E-state index contributed by atoms with van der Waals surface area (Å²) in [5.74, 6) is 1.60. The molecular weight excluding hydrogens is 290 g/mol. The Bertz CT molecular complexity index is 636. The monoisotopic (exact) mass is 315 g/mol. The number of likely N-dealkylation sites (tertiary alicyclic amines) is 1. The van der Waals surface area contributed by atoms with Crippen molar-refractivity contribution in [1.82, 2.24) is 34.8 Å². The maximum atomic E-state index is 4.81. The predicted molar refractivity (Wildman–Crippen MR) is 86.8 cm³/mol. The number of piperidine rings is 1. The van der Waals surface area contributed by atoms with E-state index in [0.717, 1.165) is 51.5 Å². The second kappa shape index (κ2) is 6.41. The van der Waals surface area contributed by atoms with E-state index < -0.39 is 0 Å². The highest BCUT2D eigenvalue weighted by Gasteiger charge is 2.25. The van der Waals surface area contributed by atoms with Crippen LogP contribution in [0.3, 0.4) is 0 Å². The summed E-state index contributed by atoms with van der Waals surface area (Å²) < 4.78 is 4.23. The molecule has 7 heteroatoms. The highest BCUT2D eigenvalue weighted by Crippen LogP contribution is 2.26. The van der Waals surface area contributed by atoms with Crippen LogP contribution in [0.4, 0.5) is 0 Å². The van der Waals surface area contributed by atoms with E-state index in [1.807, 2.05) is 7.05 Å². The first kappa shape index (κ1) is 14.8. The quantitative estimate of drug-likeness (QED) is 0.911. The summed E-state index contributed by atoms with van der Waals surface area (Å²) in [7, 11) is 2.04. The zero-order valence-electron chi connectivity index (χ0n) is 13.8. The molecule has 2 aromatic rings. The lowest BCUT2D eigenvalue weighted by atomic mass is 9.97. The third kappa shape index (κ3) is 3.16. The molecule has 124 valence electrons. The number of aromatic nitrogens is 5. The molecular formula is C16H25N7. The minimum Gasteiger partial charge on any atom is -0.320 e. The summed E-state index contributed by atoms with van der Waals surface area (Å²) in [6, 6.07) is 2.27. The van der Waals surface area contributed by atoms with Gasteiger partial charge in [-0.3, -0.25) is 9.58 Å². The molecule has 0 spiro atoms. The summed E-state index contributed by atoms with van der Waals surface area (Å²) in [6.45, 7) is 6.19. The van der Waals surface area contributed by atoms with Gasteiger partial charge in [-0.1, -0.05) is 0 Å². The van der Waals surface area contributed by atoms with E-state index in [1.54, 1.807) is 6.33 Å². The summed E-state index contributed by atoms with van der Waals surface area (Å²) in [5, 5.41) is 16.6. The Kier molecular flexibility index (Phi) is 4.13. The molecule has 0 radical (unpaired) electrons. The van der Waals surface area contributed by atoms with Gasteiger partial charge in [-0.2, -0.15) is 5.10 Å². The minimum absolute atomic E-state index is 0.485. The molecule has 0 amide bonds. The van der Waals surface area contributed by atoms with E-state index in [4.69, 9.17) is 5.10 Å². The van der Waals surface area contributed by atoms with Crippen molar-refractivity contribution in [1.29, 1.82) is 0 Å². The standard InChI is InChI=1S/C16H25N7/c1-21-12-18-19-16(21)13-4-2-6-22(10-13)11-14-8-15-9-17-5-3-7-23(15)20-14/h8,12-13,17H,2-7,9-11H2,1H3/t13-/m0/s1. The fourth-order valence-corrected chi connectivity index (χ4v) is 3.80. The Hall–Kier alpha value is -1.73. The summed E-state index contributed by atoms with van der Waals surface area (Å²) >= 11 is 0. The minimum atomic E-state index is 0.485. The smallest absolute Gasteiger partial charge is 0.136 e. The first-order chi connectivity index (χ1) is 11.3. The zero-order valence-corrected chi connectivity index (χ0v) is 13.8. The second-order valence-electron chi connectivity index (χ2n) is 6.75. The van der Waals surface area contributed by atoms with Crippen molar-refractivity contribution in [2.75, 3.05) is 19.6 Å². The summed E-state index contributed by atoms with van der Waals surface area (Å²) in [6.07, 6.45) is 5.37. The number of fused-ring (bicyclic) bond motifs is 1. The van der Waals surface area contributed by atoms with E-state index in [0.29, 0.717) is 5.92 Å². The predicted octanol–water partition coefficient (Wildman–Crippen LogP) is 0.884. The van der Waals surface area contributed by atoms with Gasteiger partial charge >= 0.3 is 0 Å². The molecule has 7 nitrogen and oxygen atoms in total. The van der Waals surface area contributed by atoms with Crippen LogP contribution < -0.4 is 5.32 Å². The first-order valence-corrected chi connectivity index (χ1v) is 8.62.